The maximum Gasteiger partial charge on any atom is 0.318 e. The van der Waals surface area contributed by atoms with Crippen LogP contribution < -0.4 is 15.5 Å². The number of sulfone groups is 1. The molecule has 3 heterocycles. The van der Waals surface area contributed by atoms with Crippen LogP contribution in [0.2, 0.25) is 5.02 Å². The van der Waals surface area contributed by atoms with Crippen molar-refractivity contribution in [1.82, 2.24) is 10.2 Å². The van der Waals surface area contributed by atoms with Gasteiger partial charge in [-0.25, -0.2) is 21.6 Å². The van der Waals surface area contributed by atoms with Gasteiger partial charge in [-0.2, -0.15) is 0 Å². The van der Waals surface area contributed by atoms with Crippen molar-refractivity contribution in [1.29, 1.82) is 0 Å². The predicted octanol–water partition coefficient (Wildman–Crippen LogP) is 3.41. The number of nitrogens with zero attached hydrogens (tertiary/aromatic N) is 4. The molecule has 2 fully saturated rings. The second kappa shape index (κ2) is 8.42. The molecule has 38 heavy (non-hydrogen) atoms. The second-order valence-electron chi connectivity index (χ2n) is 10.2. The van der Waals surface area contributed by atoms with Crippen LogP contribution in [0.1, 0.15) is 18.4 Å². The van der Waals surface area contributed by atoms with Crippen molar-refractivity contribution in [2.45, 2.75) is 36.2 Å². The smallest absolute Gasteiger partial charge is 0.318 e. The quantitative estimate of drug-likeness (QED) is 0.509. The summed E-state index contributed by atoms with van der Waals surface area (Å²) in [6.07, 6.45) is -0.407. The summed E-state index contributed by atoms with van der Waals surface area (Å²) in [7, 11) is -4.12. The van der Waals surface area contributed by atoms with Crippen LogP contribution in [0.4, 0.5) is 24.9 Å². The van der Waals surface area contributed by atoms with E-state index in [0.717, 1.165) is 6.07 Å². The molecule has 1 saturated carbocycles. The summed E-state index contributed by atoms with van der Waals surface area (Å²) in [6, 6.07) is 7.26. The molecule has 200 valence electrons. The summed E-state index contributed by atoms with van der Waals surface area (Å²) < 4.78 is 73.6. The third-order valence-corrected chi connectivity index (χ3v) is 9.19. The number of fused-ring (bicyclic) bond motifs is 1. The van der Waals surface area contributed by atoms with Gasteiger partial charge in [-0.1, -0.05) is 28.8 Å². The minimum Gasteiger partial charge on any atom is -0.403 e. The van der Waals surface area contributed by atoms with Gasteiger partial charge in [-0.15, -0.1) is 5.10 Å². The highest BCUT2D eigenvalue weighted by atomic mass is 35.5. The average Bonchev–Trinajstić information content (AvgIpc) is 3.27. The zero-order valence-electron chi connectivity index (χ0n) is 19.7. The Morgan fingerprint density at radius 1 is 1.13 bits per heavy atom. The number of amides is 1. The molecule has 14 heteroatoms. The van der Waals surface area contributed by atoms with Gasteiger partial charge in [0.05, 0.1) is 34.5 Å². The molecule has 1 aromatic heterocycles. The van der Waals surface area contributed by atoms with Gasteiger partial charge in [0, 0.05) is 36.4 Å². The number of benzene rings is 2. The standard InChI is InChI=1S/C24H21ClF3N5O4S/c25-14-3-1-13(2-4-14)7-33-18-5-15(16(26)6-19(18)38(35,36)8-17(29)21(33)34)20-30-31-22(37-20)32-11-23(12-32)9-24(27,28)10-23/h1-6,17H,7-12,29H2/t17-/m0/s1. The minimum absolute atomic E-state index is 0.0407. The molecular weight excluding hydrogens is 547 g/mol. The van der Waals surface area contributed by atoms with Gasteiger partial charge in [0.1, 0.15) is 5.82 Å². The number of carbonyl (C=O) groups excluding carboxylic acids is 1. The number of halogens is 4. The molecule has 0 bridgehead atoms. The lowest BCUT2D eigenvalue weighted by Gasteiger charge is -2.57. The Morgan fingerprint density at radius 3 is 2.47 bits per heavy atom. The minimum atomic E-state index is -4.12. The van der Waals surface area contributed by atoms with Gasteiger partial charge in [-0.3, -0.25) is 4.79 Å². The van der Waals surface area contributed by atoms with Crippen LogP contribution in [-0.2, 0) is 21.2 Å². The molecule has 2 aliphatic heterocycles. The third-order valence-electron chi connectivity index (χ3n) is 7.15. The van der Waals surface area contributed by atoms with Crippen molar-refractivity contribution in [3.63, 3.8) is 0 Å². The van der Waals surface area contributed by atoms with Crippen molar-refractivity contribution in [2.24, 2.45) is 11.1 Å². The highest BCUT2D eigenvalue weighted by Crippen LogP contribution is 2.57. The highest BCUT2D eigenvalue weighted by Gasteiger charge is 2.62. The summed E-state index contributed by atoms with van der Waals surface area (Å²) in [5.74, 6) is -5.19. The average molecular weight is 568 g/mol. The molecule has 2 N–H and O–H groups in total. The van der Waals surface area contributed by atoms with E-state index in [1.54, 1.807) is 29.2 Å². The van der Waals surface area contributed by atoms with Crippen LogP contribution in [0.25, 0.3) is 11.5 Å². The molecule has 3 aliphatic rings. The molecule has 0 unspecified atom stereocenters. The first-order chi connectivity index (χ1) is 17.8. The Morgan fingerprint density at radius 2 is 1.82 bits per heavy atom. The van der Waals surface area contributed by atoms with E-state index < -0.39 is 44.7 Å². The third kappa shape index (κ3) is 4.22. The number of anilines is 2. The van der Waals surface area contributed by atoms with E-state index in [1.807, 2.05) is 0 Å². The molecule has 6 rings (SSSR count). The fourth-order valence-electron chi connectivity index (χ4n) is 5.44. The van der Waals surface area contributed by atoms with E-state index in [-0.39, 0.29) is 47.4 Å². The Balaban J connectivity index is 1.36. The van der Waals surface area contributed by atoms with Gasteiger partial charge >= 0.3 is 6.01 Å². The van der Waals surface area contributed by atoms with Crippen molar-refractivity contribution < 1.29 is 30.8 Å². The van der Waals surface area contributed by atoms with Crippen molar-refractivity contribution >= 4 is 39.0 Å². The zero-order chi connectivity index (χ0) is 27.0. The number of nitrogens with two attached hydrogens (primary N) is 1. The number of hydrogen-bond acceptors (Lipinski definition) is 8. The van der Waals surface area contributed by atoms with Crippen LogP contribution in [0.3, 0.4) is 0 Å². The fourth-order valence-corrected chi connectivity index (χ4v) is 7.13. The SMILES string of the molecule is N[C@H]1CS(=O)(=O)c2cc(F)c(-c3nnc(N4CC5(C4)CC(F)(F)C5)o3)cc2N(Cc2ccc(Cl)cc2)C1=O. The van der Waals surface area contributed by atoms with Crippen molar-refractivity contribution in [3.8, 4) is 11.5 Å². The first kappa shape index (κ1) is 25.1. The molecule has 9 nitrogen and oxygen atoms in total. The van der Waals surface area contributed by atoms with E-state index in [2.05, 4.69) is 10.2 Å². The summed E-state index contributed by atoms with van der Waals surface area (Å²) in [5, 5.41) is 8.29. The van der Waals surface area contributed by atoms with Gasteiger partial charge in [-0.05, 0) is 29.8 Å². The molecule has 2 aromatic carbocycles. The van der Waals surface area contributed by atoms with Crippen LogP contribution >= 0.6 is 11.6 Å². The normalized spacial score (nSPS) is 23.0. The van der Waals surface area contributed by atoms with E-state index in [1.165, 1.54) is 11.0 Å². The largest absolute Gasteiger partial charge is 0.403 e. The zero-order valence-corrected chi connectivity index (χ0v) is 21.3. The van der Waals surface area contributed by atoms with Crippen LogP contribution in [0, 0.1) is 11.2 Å². The molecule has 1 atom stereocenters. The van der Waals surface area contributed by atoms with E-state index in [9.17, 15) is 22.0 Å². The summed E-state index contributed by atoms with van der Waals surface area (Å²) in [4.78, 5) is 15.6. The van der Waals surface area contributed by atoms with Crippen molar-refractivity contribution in [3.05, 3.63) is 52.8 Å². The number of carbonyl (C=O) groups is 1. The second-order valence-corrected chi connectivity index (χ2v) is 12.6. The summed E-state index contributed by atoms with van der Waals surface area (Å²) >= 11 is 5.95. The number of hydrogen-bond donors (Lipinski definition) is 1. The number of aromatic nitrogens is 2. The number of rotatable bonds is 4. The van der Waals surface area contributed by atoms with Gasteiger partial charge in [0.15, 0.2) is 9.84 Å². The van der Waals surface area contributed by atoms with Crippen LogP contribution in [0.5, 0.6) is 0 Å². The Labute approximate surface area is 220 Å². The molecular formula is C24H21ClF3N5O4S. The molecule has 1 saturated heterocycles. The van der Waals surface area contributed by atoms with E-state index >= 15 is 4.39 Å². The molecule has 0 radical (unpaired) electrons. The van der Waals surface area contributed by atoms with Gasteiger partial charge in [0.2, 0.25) is 11.8 Å². The Hall–Kier alpha value is -3.16. The molecule has 3 aromatic rings. The summed E-state index contributed by atoms with van der Waals surface area (Å²) in [6.45, 7) is 0.583. The lowest BCUT2D eigenvalue weighted by Crippen LogP contribution is -2.66. The van der Waals surface area contributed by atoms with E-state index in [4.69, 9.17) is 21.8 Å². The molecule has 1 spiro atoms. The molecule has 1 amide bonds. The maximum absolute atomic E-state index is 15.3. The van der Waals surface area contributed by atoms with Crippen LogP contribution in [-0.4, -0.2) is 55.3 Å². The first-order valence-corrected chi connectivity index (χ1v) is 13.7. The van der Waals surface area contributed by atoms with E-state index in [0.29, 0.717) is 23.7 Å². The predicted molar refractivity (Wildman–Crippen MR) is 131 cm³/mol. The summed E-state index contributed by atoms with van der Waals surface area (Å²) in [5.41, 5.74) is 5.79. The van der Waals surface area contributed by atoms with Crippen molar-refractivity contribution in [2.75, 3.05) is 28.6 Å². The first-order valence-electron chi connectivity index (χ1n) is 11.7. The maximum atomic E-state index is 15.3. The Kier molecular flexibility index (Phi) is 5.57. The Bertz CT molecular complexity index is 1550. The topological polar surface area (TPSA) is 123 Å². The molecule has 1 aliphatic carbocycles. The number of alkyl halides is 2. The fraction of sp³-hybridized carbons (Fsp3) is 0.375. The lowest BCUT2D eigenvalue weighted by molar-refractivity contribution is -0.170. The highest BCUT2D eigenvalue weighted by molar-refractivity contribution is 7.91. The monoisotopic (exact) mass is 567 g/mol. The van der Waals surface area contributed by atoms with Gasteiger partial charge in [0.25, 0.3) is 5.89 Å². The van der Waals surface area contributed by atoms with Gasteiger partial charge < -0.3 is 20.0 Å². The van der Waals surface area contributed by atoms with Crippen LogP contribution in [0.15, 0.2) is 45.7 Å². The lowest BCUT2D eigenvalue weighted by atomic mass is 9.61.